The highest BCUT2D eigenvalue weighted by Crippen LogP contribution is 2.62. The van der Waals surface area contributed by atoms with E-state index in [4.69, 9.17) is 23.2 Å². The first-order valence-electron chi connectivity index (χ1n) is 10.8. The van der Waals surface area contributed by atoms with Gasteiger partial charge in [0, 0.05) is 33.2 Å². The molecule has 0 radical (unpaired) electrons. The van der Waals surface area contributed by atoms with Crippen molar-refractivity contribution in [3.8, 4) is 0 Å². The van der Waals surface area contributed by atoms with Crippen LogP contribution in [0.4, 0.5) is 10.1 Å². The van der Waals surface area contributed by atoms with E-state index in [-0.39, 0.29) is 23.2 Å². The average Bonchev–Trinajstić information content (AvgIpc) is 3.10. The zero-order valence-electron chi connectivity index (χ0n) is 18.2. The van der Waals surface area contributed by atoms with E-state index in [9.17, 15) is 4.79 Å². The third-order valence-electron chi connectivity index (χ3n) is 7.52. The second-order valence-electron chi connectivity index (χ2n) is 9.97. The van der Waals surface area contributed by atoms with Crippen molar-refractivity contribution in [2.45, 2.75) is 63.5 Å². The number of amides is 1. The van der Waals surface area contributed by atoms with Gasteiger partial charge in [-0.15, -0.1) is 0 Å². The van der Waals surface area contributed by atoms with Crippen LogP contribution in [0, 0.1) is 11.3 Å². The van der Waals surface area contributed by atoms with Gasteiger partial charge in [0.2, 0.25) is 5.91 Å². The molecule has 166 valence electrons. The van der Waals surface area contributed by atoms with E-state index in [0.29, 0.717) is 15.7 Å². The van der Waals surface area contributed by atoms with Crippen LogP contribution in [0.2, 0.25) is 5.02 Å². The fourth-order valence-electron chi connectivity index (χ4n) is 6.08. The second-order valence-corrected chi connectivity index (χ2v) is 10.9. The summed E-state index contributed by atoms with van der Waals surface area (Å²) in [5.74, 6) is -1.14. The van der Waals surface area contributed by atoms with Crippen LogP contribution in [0.1, 0.15) is 52.0 Å². The van der Waals surface area contributed by atoms with Crippen LogP contribution in [0.3, 0.4) is 0 Å². The molecule has 0 bridgehead atoms. The Morgan fingerprint density at radius 2 is 1.94 bits per heavy atom. The Balaban J connectivity index is 1.91. The zero-order valence-corrected chi connectivity index (χ0v) is 19.7. The number of carbonyl (C=O) groups excluding carboxylic acids is 1. The van der Waals surface area contributed by atoms with E-state index < -0.39 is 16.9 Å². The van der Waals surface area contributed by atoms with Crippen LogP contribution < -0.4 is 10.6 Å². The van der Waals surface area contributed by atoms with E-state index in [2.05, 4.69) is 31.1 Å². The first-order valence-corrected chi connectivity index (χ1v) is 11.6. The zero-order chi connectivity index (χ0) is 22.6. The average molecular weight is 463 g/mol. The molecule has 4 rings (SSSR count). The first kappa shape index (κ1) is 22.6. The molecule has 1 saturated heterocycles. The summed E-state index contributed by atoms with van der Waals surface area (Å²) in [6.45, 7) is 10.1. The predicted octanol–water partition coefficient (Wildman–Crippen LogP) is 6.64. The molecule has 2 aliphatic heterocycles. The molecule has 2 N–H and O–H groups in total. The molecule has 0 aromatic heterocycles. The summed E-state index contributed by atoms with van der Waals surface area (Å²) in [5.41, 5.74) is 0.138. The minimum absolute atomic E-state index is 0.152. The van der Waals surface area contributed by atoms with Crippen molar-refractivity contribution in [1.82, 2.24) is 5.32 Å². The Bertz CT molecular complexity index is 989. The van der Waals surface area contributed by atoms with Crippen LogP contribution in [0.15, 0.2) is 53.9 Å². The normalized spacial score (nSPS) is 31.4. The highest BCUT2D eigenvalue weighted by molar-refractivity contribution is 6.31. The highest BCUT2D eigenvalue weighted by Gasteiger charge is 2.71. The summed E-state index contributed by atoms with van der Waals surface area (Å²) >= 11 is 12.0. The quantitative estimate of drug-likeness (QED) is 0.494. The van der Waals surface area contributed by atoms with Gasteiger partial charge in [0.1, 0.15) is 11.2 Å². The summed E-state index contributed by atoms with van der Waals surface area (Å²) in [7, 11) is 0. The number of fused-ring (bicyclic) bond motifs is 3. The number of carbonyl (C=O) groups is 1. The van der Waals surface area contributed by atoms with Crippen LogP contribution >= 0.6 is 23.2 Å². The molecule has 1 amide bonds. The van der Waals surface area contributed by atoms with Crippen LogP contribution in [0.5, 0.6) is 0 Å². The topological polar surface area (TPSA) is 41.1 Å². The SMILES string of the molecule is C=C(Cl)/C=C\C=C(/F)[C@H]1[C@H](C)NC2(CCC(C)(C)CC2)[C@@]12C(=O)Nc1cc(Cl)ccc12. The molecule has 3 nitrogen and oxygen atoms in total. The standard InChI is InChI=1S/C25H29Cl2FN2O/c1-15(26)6-5-7-19(28)21-16(2)30-24(12-10-23(3,4)11-13-24)25(21)18-9-8-17(27)14-20(18)29-22(25)31/h5-9,14,16,21,30H,1,10-13H2,2-4H3,(H,29,31)/b6-5-,19-7-/t16-,21+,25+/m0/s1. The van der Waals surface area contributed by atoms with E-state index in [0.717, 1.165) is 31.2 Å². The lowest BCUT2D eigenvalue weighted by molar-refractivity contribution is -0.125. The molecular formula is C25H29Cl2FN2O. The number of hydrogen-bond acceptors (Lipinski definition) is 2. The van der Waals surface area contributed by atoms with Crippen molar-refractivity contribution in [3.05, 3.63) is 64.5 Å². The minimum atomic E-state index is -1.05. The van der Waals surface area contributed by atoms with E-state index in [1.165, 1.54) is 6.08 Å². The van der Waals surface area contributed by atoms with Crippen molar-refractivity contribution in [1.29, 1.82) is 0 Å². The molecule has 2 spiro atoms. The number of anilines is 1. The van der Waals surface area contributed by atoms with Gasteiger partial charge in [0.25, 0.3) is 0 Å². The minimum Gasteiger partial charge on any atom is -0.325 e. The van der Waals surface area contributed by atoms with Gasteiger partial charge in [-0.3, -0.25) is 4.79 Å². The lowest BCUT2D eigenvalue weighted by Crippen LogP contribution is -2.61. The molecule has 3 atom stereocenters. The lowest BCUT2D eigenvalue weighted by atomic mass is 9.54. The molecule has 6 heteroatoms. The number of halogens is 3. The smallest absolute Gasteiger partial charge is 0.237 e. The molecule has 1 aromatic rings. The van der Waals surface area contributed by atoms with Crippen molar-refractivity contribution < 1.29 is 9.18 Å². The third kappa shape index (κ3) is 3.48. The molecule has 2 heterocycles. The molecule has 1 aromatic carbocycles. The summed E-state index contributed by atoms with van der Waals surface area (Å²) in [6.07, 6.45) is 8.04. The van der Waals surface area contributed by atoms with Crippen LogP contribution in [-0.4, -0.2) is 17.5 Å². The molecule has 0 unspecified atom stereocenters. The maximum Gasteiger partial charge on any atom is 0.237 e. The fraction of sp³-hybridized carbons (Fsp3) is 0.480. The molecular weight excluding hydrogens is 434 g/mol. The van der Waals surface area contributed by atoms with Crippen molar-refractivity contribution in [2.75, 3.05) is 5.32 Å². The molecule has 1 aliphatic carbocycles. The Morgan fingerprint density at radius 1 is 1.26 bits per heavy atom. The van der Waals surface area contributed by atoms with E-state index in [1.807, 2.05) is 13.0 Å². The third-order valence-corrected chi connectivity index (χ3v) is 7.89. The summed E-state index contributed by atoms with van der Waals surface area (Å²) in [6, 6.07) is 5.23. The van der Waals surface area contributed by atoms with Gasteiger partial charge in [-0.1, -0.05) is 55.8 Å². The van der Waals surface area contributed by atoms with Gasteiger partial charge in [-0.05, 0) is 67.9 Å². The number of allylic oxidation sites excluding steroid dienone is 4. The Labute approximate surface area is 193 Å². The number of benzene rings is 1. The Kier molecular flexibility index (Phi) is 5.65. The highest BCUT2D eigenvalue weighted by atomic mass is 35.5. The maximum atomic E-state index is 15.8. The van der Waals surface area contributed by atoms with Crippen LogP contribution in [0.25, 0.3) is 0 Å². The van der Waals surface area contributed by atoms with Gasteiger partial charge in [-0.2, -0.15) is 0 Å². The molecule has 3 aliphatic rings. The first-order chi connectivity index (χ1) is 14.5. The van der Waals surface area contributed by atoms with Crippen molar-refractivity contribution in [2.24, 2.45) is 11.3 Å². The molecule has 2 fully saturated rings. The van der Waals surface area contributed by atoms with Crippen LogP contribution in [-0.2, 0) is 10.2 Å². The fourth-order valence-corrected chi connectivity index (χ4v) is 6.33. The number of rotatable bonds is 3. The number of nitrogens with one attached hydrogen (secondary N) is 2. The van der Waals surface area contributed by atoms with Gasteiger partial charge in [-0.25, -0.2) is 4.39 Å². The van der Waals surface area contributed by atoms with Gasteiger partial charge in [0.05, 0.1) is 0 Å². The largest absolute Gasteiger partial charge is 0.325 e. The van der Waals surface area contributed by atoms with E-state index >= 15 is 4.39 Å². The molecule has 1 saturated carbocycles. The number of hydrogen-bond donors (Lipinski definition) is 2. The summed E-state index contributed by atoms with van der Waals surface area (Å²) in [5, 5.41) is 7.61. The maximum absolute atomic E-state index is 15.8. The monoisotopic (exact) mass is 462 g/mol. The predicted molar refractivity (Wildman–Crippen MR) is 126 cm³/mol. The summed E-state index contributed by atoms with van der Waals surface area (Å²) < 4.78 is 15.8. The van der Waals surface area contributed by atoms with Gasteiger partial charge < -0.3 is 10.6 Å². The van der Waals surface area contributed by atoms with Crippen molar-refractivity contribution in [3.63, 3.8) is 0 Å². The summed E-state index contributed by atoms with van der Waals surface area (Å²) in [4.78, 5) is 13.8. The Morgan fingerprint density at radius 3 is 2.58 bits per heavy atom. The van der Waals surface area contributed by atoms with E-state index in [1.54, 1.807) is 24.3 Å². The van der Waals surface area contributed by atoms with Gasteiger partial charge >= 0.3 is 0 Å². The second kappa shape index (κ2) is 7.75. The van der Waals surface area contributed by atoms with Crippen molar-refractivity contribution >= 4 is 34.8 Å². The Hall–Kier alpha value is -1.62. The lowest BCUT2D eigenvalue weighted by Gasteiger charge is -2.50. The molecule has 31 heavy (non-hydrogen) atoms. The van der Waals surface area contributed by atoms with Gasteiger partial charge in [0.15, 0.2) is 0 Å².